The van der Waals surface area contributed by atoms with Crippen LogP contribution in [-0.4, -0.2) is 50.2 Å². The van der Waals surface area contributed by atoms with E-state index in [1.54, 1.807) is 0 Å². The van der Waals surface area contributed by atoms with Crippen LogP contribution in [0.1, 0.15) is 36.5 Å². The quantitative estimate of drug-likeness (QED) is 0.671. The fourth-order valence-electron chi connectivity index (χ4n) is 3.39. The first kappa shape index (κ1) is 16.9. The summed E-state index contributed by atoms with van der Waals surface area (Å²) in [5.41, 5.74) is 0.840. The van der Waals surface area contributed by atoms with Gasteiger partial charge >= 0.3 is 6.03 Å². The second-order valence-electron chi connectivity index (χ2n) is 6.60. The van der Waals surface area contributed by atoms with Gasteiger partial charge in [0, 0.05) is 36.8 Å². The summed E-state index contributed by atoms with van der Waals surface area (Å²) in [4.78, 5) is 16.5. The highest BCUT2D eigenvalue weighted by atomic mass is 35.5. The molecule has 134 valence electrons. The van der Waals surface area contributed by atoms with Gasteiger partial charge in [-0.15, -0.1) is 10.2 Å². The minimum Gasteiger partial charge on any atom is -0.325 e. The monoisotopic (exact) mass is 369 g/mol. The first-order valence-corrected chi connectivity index (χ1v) is 9.32. The van der Waals surface area contributed by atoms with Crippen LogP contribution < -0.4 is 0 Å². The largest absolute Gasteiger partial charge is 0.325 e. The first-order chi connectivity index (χ1) is 12.7. The highest BCUT2D eigenvalue weighted by molar-refractivity contribution is 6.30. The van der Waals surface area contributed by atoms with E-state index < -0.39 is 0 Å². The molecule has 4 rings (SSSR count). The molecule has 26 heavy (non-hydrogen) atoms. The first-order valence-electron chi connectivity index (χ1n) is 8.94. The second-order valence-corrected chi connectivity index (χ2v) is 7.04. The van der Waals surface area contributed by atoms with Crippen molar-refractivity contribution in [3.63, 3.8) is 0 Å². The van der Waals surface area contributed by atoms with Gasteiger partial charge in [-0.25, -0.2) is 4.79 Å². The molecule has 0 bridgehead atoms. The maximum atomic E-state index is 12.7. The highest BCUT2D eigenvalue weighted by Gasteiger charge is 2.27. The van der Waals surface area contributed by atoms with Gasteiger partial charge in [0.15, 0.2) is 5.82 Å². The number of rotatable bonds is 0. The number of aromatic nitrogens is 3. The van der Waals surface area contributed by atoms with Crippen molar-refractivity contribution in [2.75, 3.05) is 19.6 Å². The molecule has 0 unspecified atom stereocenters. The van der Waals surface area contributed by atoms with Gasteiger partial charge in [0.25, 0.3) is 0 Å². The molecular weight excluding hydrogens is 350 g/mol. The lowest BCUT2D eigenvalue weighted by Crippen LogP contribution is -2.48. The van der Waals surface area contributed by atoms with E-state index in [0.29, 0.717) is 30.5 Å². The maximum Gasteiger partial charge on any atom is 0.320 e. The van der Waals surface area contributed by atoms with E-state index in [9.17, 15) is 4.79 Å². The molecule has 6 nitrogen and oxygen atoms in total. The molecule has 3 heterocycles. The third-order valence-corrected chi connectivity index (χ3v) is 5.03. The molecule has 2 amide bonds. The maximum absolute atomic E-state index is 12.7. The number of urea groups is 1. The molecule has 7 heteroatoms. The summed E-state index contributed by atoms with van der Waals surface area (Å²) in [5, 5.41) is 9.09. The number of benzene rings is 1. The molecule has 0 aliphatic carbocycles. The summed E-state index contributed by atoms with van der Waals surface area (Å²) in [7, 11) is 0. The van der Waals surface area contributed by atoms with Crippen LogP contribution >= 0.6 is 11.6 Å². The summed E-state index contributed by atoms with van der Waals surface area (Å²) in [6.07, 6.45) is 3.41. The minimum atomic E-state index is 0.116. The van der Waals surface area contributed by atoms with E-state index in [0.717, 1.165) is 37.3 Å². The lowest BCUT2D eigenvalue weighted by Gasteiger charge is -2.34. The molecule has 1 fully saturated rings. The van der Waals surface area contributed by atoms with Crippen LogP contribution in [-0.2, 0) is 13.1 Å². The molecule has 0 spiro atoms. The van der Waals surface area contributed by atoms with E-state index in [2.05, 4.69) is 22.0 Å². The van der Waals surface area contributed by atoms with Gasteiger partial charge in [0.05, 0.1) is 6.54 Å². The Balaban J connectivity index is 1.48. The normalized spacial score (nSPS) is 16.7. The summed E-state index contributed by atoms with van der Waals surface area (Å²) in [6.45, 7) is 3.53. The van der Waals surface area contributed by atoms with Crippen molar-refractivity contribution in [2.45, 2.75) is 32.4 Å². The predicted octanol–water partition coefficient (Wildman–Crippen LogP) is 2.75. The number of halogens is 1. The van der Waals surface area contributed by atoms with Crippen LogP contribution in [0, 0.1) is 11.8 Å². The average Bonchev–Trinajstić information content (AvgIpc) is 3.09. The van der Waals surface area contributed by atoms with Gasteiger partial charge in [-0.2, -0.15) is 0 Å². The van der Waals surface area contributed by atoms with Crippen molar-refractivity contribution in [3.8, 4) is 11.8 Å². The molecule has 0 radical (unpaired) electrons. The van der Waals surface area contributed by atoms with E-state index in [4.69, 9.17) is 11.6 Å². The van der Waals surface area contributed by atoms with E-state index in [-0.39, 0.29) is 6.03 Å². The zero-order valence-corrected chi connectivity index (χ0v) is 15.2. The molecule has 1 aromatic carbocycles. The number of hydrogen-bond acceptors (Lipinski definition) is 3. The van der Waals surface area contributed by atoms with Crippen molar-refractivity contribution >= 4 is 17.6 Å². The van der Waals surface area contributed by atoms with Crippen LogP contribution in [0.25, 0.3) is 0 Å². The number of carbonyl (C=O) groups is 1. The molecule has 2 aliphatic rings. The predicted molar refractivity (Wildman–Crippen MR) is 98.7 cm³/mol. The fourth-order valence-corrected chi connectivity index (χ4v) is 3.58. The summed E-state index contributed by atoms with van der Waals surface area (Å²) in [5.74, 6) is 7.57. The summed E-state index contributed by atoms with van der Waals surface area (Å²) in [6, 6.07) is 7.53. The van der Waals surface area contributed by atoms with Crippen molar-refractivity contribution in [1.82, 2.24) is 24.6 Å². The van der Waals surface area contributed by atoms with Gasteiger partial charge in [-0.05, 0) is 43.4 Å². The Morgan fingerprint density at radius 2 is 1.85 bits per heavy atom. The minimum absolute atomic E-state index is 0.116. The Morgan fingerprint density at radius 1 is 1.00 bits per heavy atom. The molecule has 1 aromatic heterocycles. The molecule has 0 atom stereocenters. The van der Waals surface area contributed by atoms with Crippen LogP contribution in [0.3, 0.4) is 0 Å². The summed E-state index contributed by atoms with van der Waals surface area (Å²) >= 11 is 5.99. The molecular formula is C19H20ClN5O. The van der Waals surface area contributed by atoms with Crippen LogP contribution in [0.2, 0.25) is 5.02 Å². The van der Waals surface area contributed by atoms with Crippen molar-refractivity contribution in [2.24, 2.45) is 0 Å². The number of piperidine rings is 1. The van der Waals surface area contributed by atoms with Gasteiger partial charge < -0.3 is 14.4 Å². The summed E-state index contributed by atoms with van der Waals surface area (Å²) < 4.78 is 2.00. The highest BCUT2D eigenvalue weighted by Crippen LogP contribution is 2.17. The Labute approximate surface area is 157 Å². The number of nitrogens with zero attached hydrogens (tertiary/aromatic N) is 5. The van der Waals surface area contributed by atoms with Gasteiger partial charge in [-0.1, -0.05) is 23.6 Å². The number of carbonyl (C=O) groups excluding carboxylic acids is 1. The Morgan fingerprint density at radius 3 is 2.65 bits per heavy atom. The SMILES string of the molecule is O=C(N1CCCCC1)N1CCn2c(C#Cc3cccc(Cl)c3)nnc2C1. The van der Waals surface area contributed by atoms with Gasteiger partial charge in [0.1, 0.15) is 0 Å². The van der Waals surface area contributed by atoms with Crippen molar-refractivity contribution < 1.29 is 4.79 Å². The second kappa shape index (κ2) is 7.38. The van der Waals surface area contributed by atoms with E-state index in [1.165, 1.54) is 6.42 Å². The van der Waals surface area contributed by atoms with E-state index in [1.807, 2.05) is 38.6 Å². The third-order valence-electron chi connectivity index (χ3n) is 4.79. The van der Waals surface area contributed by atoms with Gasteiger partial charge in [-0.3, -0.25) is 0 Å². The van der Waals surface area contributed by atoms with Crippen molar-refractivity contribution in [1.29, 1.82) is 0 Å². The lowest BCUT2D eigenvalue weighted by molar-refractivity contribution is 0.131. The number of fused-ring (bicyclic) bond motifs is 1. The molecule has 2 aromatic rings. The molecule has 2 aliphatic heterocycles. The number of amides is 2. The Bertz CT molecular complexity index is 876. The lowest BCUT2D eigenvalue weighted by atomic mass is 10.1. The van der Waals surface area contributed by atoms with Crippen molar-refractivity contribution in [3.05, 3.63) is 46.5 Å². The number of likely N-dealkylation sites (tertiary alicyclic amines) is 1. The number of hydrogen-bond donors (Lipinski definition) is 0. The Hall–Kier alpha value is -2.52. The molecule has 0 saturated carbocycles. The smallest absolute Gasteiger partial charge is 0.320 e. The average molecular weight is 370 g/mol. The molecule has 0 N–H and O–H groups in total. The standard InChI is InChI=1S/C19H20ClN5O/c20-16-6-4-5-15(13-16)7-8-17-21-22-18-14-24(11-12-25(17)18)19(26)23-9-2-1-3-10-23/h4-6,13H,1-3,9-12,14H2. The molecule has 1 saturated heterocycles. The third kappa shape index (κ3) is 3.54. The topological polar surface area (TPSA) is 54.3 Å². The van der Waals surface area contributed by atoms with E-state index >= 15 is 0 Å². The zero-order chi connectivity index (χ0) is 17.9. The van der Waals surface area contributed by atoms with Gasteiger partial charge in [0.2, 0.25) is 5.82 Å². The Kier molecular flexibility index (Phi) is 4.81. The van der Waals surface area contributed by atoms with Crippen LogP contribution in [0.15, 0.2) is 24.3 Å². The van der Waals surface area contributed by atoms with Crippen LogP contribution in [0.5, 0.6) is 0 Å². The van der Waals surface area contributed by atoms with Crippen LogP contribution in [0.4, 0.5) is 4.79 Å². The fraction of sp³-hybridized carbons (Fsp3) is 0.421. The zero-order valence-electron chi connectivity index (χ0n) is 14.5.